The number of amides is 1. The average Bonchev–Trinajstić information content (AvgIpc) is 2.71. The first-order valence-corrected chi connectivity index (χ1v) is 8.15. The van der Waals surface area contributed by atoms with Gasteiger partial charge in [0.25, 0.3) is 5.91 Å². The largest absolute Gasteiger partial charge is 0.465 e. The van der Waals surface area contributed by atoms with Crippen LogP contribution in [0.4, 0.5) is 26.0 Å². The first-order valence-electron chi connectivity index (χ1n) is 8.15. The molecule has 2 N–H and O–H groups in total. The number of ether oxygens (including phenoxy) is 1. The minimum absolute atomic E-state index is 0.225. The molecular weight excluding hydrogens is 368 g/mol. The number of pyridine rings is 1. The Morgan fingerprint density at radius 2 is 1.79 bits per heavy atom. The van der Waals surface area contributed by atoms with E-state index in [1.165, 1.54) is 37.6 Å². The van der Waals surface area contributed by atoms with Crippen LogP contribution >= 0.6 is 0 Å². The lowest BCUT2D eigenvalue weighted by atomic mass is 10.1. The Kier molecular flexibility index (Phi) is 5.59. The normalized spacial score (nSPS) is 10.2. The summed E-state index contributed by atoms with van der Waals surface area (Å²) in [5, 5.41) is 5.44. The number of hydrogen-bond donors (Lipinski definition) is 2. The first kappa shape index (κ1) is 19.0. The van der Waals surface area contributed by atoms with Gasteiger partial charge in [-0.2, -0.15) is 0 Å². The van der Waals surface area contributed by atoms with Gasteiger partial charge >= 0.3 is 5.97 Å². The van der Waals surface area contributed by atoms with Crippen molar-refractivity contribution < 1.29 is 23.1 Å². The summed E-state index contributed by atoms with van der Waals surface area (Å²) >= 11 is 0. The van der Waals surface area contributed by atoms with Crippen LogP contribution in [0, 0.1) is 11.6 Å². The van der Waals surface area contributed by atoms with Crippen molar-refractivity contribution in [1.82, 2.24) is 4.98 Å². The number of carbonyl (C=O) groups is 2. The van der Waals surface area contributed by atoms with Crippen LogP contribution in [-0.4, -0.2) is 24.0 Å². The molecule has 28 heavy (non-hydrogen) atoms. The highest BCUT2D eigenvalue weighted by molar-refractivity contribution is 6.07. The van der Waals surface area contributed by atoms with E-state index >= 15 is 0 Å². The fraction of sp³-hybridized carbons (Fsp3) is 0.0500. The number of aromatic nitrogens is 1. The summed E-state index contributed by atoms with van der Waals surface area (Å²) in [5.74, 6) is -2.62. The number of nitrogens with one attached hydrogen (secondary N) is 2. The zero-order valence-electron chi connectivity index (χ0n) is 14.7. The molecule has 0 spiro atoms. The Bertz CT molecular complexity index is 1020. The van der Waals surface area contributed by atoms with Crippen LogP contribution in [0.3, 0.4) is 0 Å². The molecule has 0 unspecified atom stereocenters. The van der Waals surface area contributed by atoms with Crippen molar-refractivity contribution in [3.05, 3.63) is 83.6 Å². The lowest BCUT2D eigenvalue weighted by Crippen LogP contribution is -2.15. The lowest BCUT2D eigenvalue weighted by Gasteiger charge is -2.10. The van der Waals surface area contributed by atoms with E-state index in [4.69, 9.17) is 4.74 Å². The summed E-state index contributed by atoms with van der Waals surface area (Å²) in [5.41, 5.74) is 1.09. The van der Waals surface area contributed by atoms with Crippen molar-refractivity contribution in [1.29, 1.82) is 0 Å². The predicted molar refractivity (Wildman–Crippen MR) is 99.6 cm³/mol. The van der Waals surface area contributed by atoms with Gasteiger partial charge in [0.05, 0.1) is 23.9 Å². The van der Waals surface area contributed by atoms with Crippen LogP contribution in [0.2, 0.25) is 0 Å². The molecule has 142 valence electrons. The zero-order valence-corrected chi connectivity index (χ0v) is 14.7. The van der Waals surface area contributed by atoms with E-state index in [9.17, 15) is 18.4 Å². The van der Waals surface area contributed by atoms with Crippen molar-refractivity contribution >= 4 is 29.1 Å². The minimum Gasteiger partial charge on any atom is -0.465 e. The first-order chi connectivity index (χ1) is 13.5. The SMILES string of the molecule is COC(=O)c1ccccc1NC(=O)c1ccc(Nc2ccc(F)c(F)c2)nc1. The number of para-hydroxylation sites is 1. The van der Waals surface area contributed by atoms with E-state index in [0.29, 0.717) is 17.2 Å². The number of methoxy groups -OCH3 is 1. The second kappa shape index (κ2) is 8.26. The summed E-state index contributed by atoms with van der Waals surface area (Å²) in [6, 6.07) is 12.8. The molecule has 0 saturated heterocycles. The molecule has 3 rings (SSSR count). The van der Waals surface area contributed by atoms with Gasteiger partial charge in [0.1, 0.15) is 5.82 Å². The molecular formula is C20H15F2N3O3. The van der Waals surface area contributed by atoms with Gasteiger partial charge in [-0.05, 0) is 36.4 Å². The van der Waals surface area contributed by atoms with Crippen molar-refractivity contribution in [2.45, 2.75) is 0 Å². The second-order valence-corrected chi connectivity index (χ2v) is 5.68. The molecule has 6 nitrogen and oxygen atoms in total. The van der Waals surface area contributed by atoms with Crippen molar-refractivity contribution in [3.63, 3.8) is 0 Å². The Morgan fingerprint density at radius 1 is 1.00 bits per heavy atom. The second-order valence-electron chi connectivity index (χ2n) is 5.68. The molecule has 2 aromatic carbocycles. The number of halogens is 2. The van der Waals surface area contributed by atoms with E-state index in [1.807, 2.05) is 0 Å². The van der Waals surface area contributed by atoms with Crippen LogP contribution in [-0.2, 0) is 4.74 Å². The number of nitrogens with zero attached hydrogens (tertiary/aromatic N) is 1. The molecule has 1 heterocycles. The summed E-state index contributed by atoms with van der Waals surface area (Å²) < 4.78 is 30.9. The molecule has 0 aliphatic rings. The molecule has 8 heteroatoms. The van der Waals surface area contributed by atoms with Crippen LogP contribution in [0.1, 0.15) is 20.7 Å². The van der Waals surface area contributed by atoms with Crippen LogP contribution in [0.5, 0.6) is 0 Å². The smallest absolute Gasteiger partial charge is 0.339 e. The van der Waals surface area contributed by atoms with Crippen LogP contribution in [0.25, 0.3) is 0 Å². The predicted octanol–water partition coefficient (Wildman–Crippen LogP) is 4.14. The topological polar surface area (TPSA) is 80.3 Å². The molecule has 0 atom stereocenters. The minimum atomic E-state index is -0.981. The molecule has 1 aromatic heterocycles. The van der Waals surface area contributed by atoms with Crippen molar-refractivity contribution in [2.75, 3.05) is 17.7 Å². The zero-order chi connectivity index (χ0) is 20.1. The van der Waals surface area contributed by atoms with Gasteiger partial charge in [0.2, 0.25) is 0 Å². The van der Waals surface area contributed by atoms with Gasteiger partial charge in [-0.15, -0.1) is 0 Å². The number of hydrogen-bond acceptors (Lipinski definition) is 5. The fourth-order valence-electron chi connectivity index (χ4n) is 2.40. The molecule has 0 fully saturated rings. The number of esters is 1. The Labute approximate surface area is 159 Å². The van der Waals surface area contributed by atoms with Gasteiger partial charge in [-0.3, -0.25) is 4.79 Å². The summed E-state index contributed by atoms with van der Waals surface area (Å²) in [6.07, 6.45) is 1.32. The molecule has 0 bridgehead atoms. The van der Waals surface area contributed by atoms with Crippen molar-refractivity contribution in [2.24, 2.45) is 0 Å². The highest BCUT2D eigenvalue weighted by atomic mass is 19.2. The number of benzene rings is 2. The molecule has 0 aliphatic carbocycles. The summed E-state index contributed by atoms with van der Waals surface area (Å²) in [7, 11) is 1.25. The quantitative estimate of drug-likeness (QED) is 0.647. The highest BCUT2D eigenvalue weighted by Crippen LogP contribution is 2.19. The summed E-state index contributed by atoms with van der Waals surface area (Å²) in [4.78, 5) is 28.3. The van der Waals surface area contributed by atoms with Gasteiger partial charge in [0, 0.05) is 18.0 Å². The van der Waals surface area contributed by atoms with Gasteiger partial charge in [-0.25, -0.2) is 18.6 Å². The maximum atomic E-state index is 13.3. The van der Waals surface area contributed by atoms with E-state index < -0.39 is 23.5 Å². The molecule has 1 amide bonds. The Hall–Kier alpha value is -3.81. The fourth-order valence-corrected chi connectivity index (χ4v) is 2.40. The van der Waals surface area contributed by atoms with Crippen LogP contribution in [0.15, 0.2) is 60.8 Å². The number of anilines is 3. The monoisotopic (exact) mass is 383 g/mol. The van der Waals surface area contributed by atoms with Gasteiger partial charge in [-0.1, -0.05) is 12.1 Å². The van der Waals surface area contributed by atoms with Crippen LogP contribution < -0.4 is 10.6 Å². The van der Waals surface area contributed by atoms with E-state index in [0.717, 1.165) is 12.1 Å². The number of carbonyl (C=O) groups excluding carboxylic acids is 2. The molecule has 0 saturated carbocycles. The maximum absolute atomic E-state index is 13.3. The molecule has 3 aromatic rings. The lowest BCUT2D eigenvalue weighted by molar-refractivity contribution is 0.0602. The molecule has 0 aliphatic heterocycles. The van der Waals surface area contributed by atoms with Crippen molar-refractivity contribution in [3.8, 4) is 0 Å². The number of rotatable bonds is 5. The van der Waals surface area contributed by atoms with Gasteiger partial charge < -0.3 is 15.4 Å². The molecule has 0 radical (unpaired) electrons. The van der Waals surface area contributed by atoms with E-state index in [1.54, 1.807) is 18.2 Å². The maximum Gasteiger partial charge on any atom is 0.339 e. The Morgan fingerprint density at radius 3 is 2.46 bits per heavy atom. The third-order valence-corrected chi connectivity index (χ3v) is 3.80. The highest BCUT2D eigenvalue weighted by Gasteiger charge is 2.14. The van der Waals surface area contributed by atoms with E-state index in [-0.39, 0.29) is 11.1 Å². The van der Waals surface area contributed by atoms with Gasteiger partial charge in [0.15, 0.2) is 11.6 Å². The third kappa shape index (κ3) is 4.29. The Balaban J connectivity index is 1.72. The standard InChI is InChI=1S/C20H15F2N3O3/c1-28-20(27)14-4-2-3-5-17(14)25-19(26)12-6-9-18(23-11-12)24-13-7-8-15(21)16(22)10-13/h2-11H,1H3,(H,23,24)(H,25,26). The van der Waals surface area contributed by atoms with E-state index in [2.05, 4.69) is 15.6 Å². The third-order valence-electron chi connectivity index (χ3n) is 3.80. The average molecular weight is 383 g/mol. The summed E-state index contributed by atoms with van der Waals surface area (Å²) in [6.45, 7) is 0.